The topological polar surface area (TPSA) is 24.3 Å². The Hall–Kier alpha value is -0.580. The van der Waals surface area contributed by atoms with Crippen molar-refractivity contribution in [3.8, 4) is 0 Å². The lowest BCUT2D eigenvalue weighted by atomic mass is 10.0. The van der Waals surface area contributed by atoms with E-state index in [1.165, 1.54) is 44.5 Å². The number of hydrogen-bond donors (Lipinski definition) is 0. The maximum absolute atomic E-state index is 6.52. The van der Waals surface area contributed by atoms with Crippen LogP contribution in [-0.2, 0) is 20.0 Å². The van der Waals surface area contributed by atoms with Gasteiger partial charge in [-0.15, -0.1) is 0 Å². The summed E-state index contributed by atoms with van der Waals surface area (Å²) in [6.07, 6.45) is 5.09. The lowest BCUT2D eigenvalue weighted by molar-refractivity contribution is 0.131. The van der Waals surface area contributed by atoms with Gasteiger partial charge < -0.3 is 0 Å². The summed E-state index contributed by atoms with van der Waals surface area (Å²) >= 11 is 6.52. The minimum atomic E-state index is 0.661. The lowest BCUT2D eigenvalue weighted by Gasteiger charge is -2.34. The number of nitrogens with zero attached hydrogens (tertiary/aromatic N) is 4. The number of halogens is 1. The zero-order chi connectivity index (χ0) is 17.3. The average Bonchev–Trinajstić information content (AvgIpc) is 3.34. The molecule has 0 spiro atoms. The molecule has 3 rings (SSSR count). The molecular formula is C19H33ClN4. The second kappa shape index (κ2) is 7.76. The molecule has 1 aromatic heterocycles. The van der Waals surface area contributed by atoms with Crippen LogP contribution in [-0.4, -0.2) is 51.8 Å². The molecule has 136 valence electrons. The summed E-state index contributed by atoms with van der Waals surface area (Å²) in [7, 11) is 1.95. The van der Waals surface area contributed by atoms with Gasteiger partial charge in [-0.05, 0) is 50.6 Å². The Labute approximate surface area is 152 Å². The normalized spacial score (nSPS) is 23.8. The summed E-state index contributed by atoms with van der Waals surface area (Å²) in [6.45, 7) is 12.7. The summed E-state index contributed by atoms with van der Waals surface area (Å²) in [6, 6.07) is 0.661. The molecule has 1 saturated heterocycles. The molecule has 0 N–H and O–H groups in total. The van der Waals surface area contributed by atoms with Gasteiger partial charge in [-0.2, -0.15) is 5.10 Å². The van der Waals surface area contributed by atoms with Crippen LogP contribution < -0.4 is 0 Å². The van der Waals surface area contributed by atoms with Crippen LogP contribution in [0.2, 0.25) is 5.15 Å². The van der Waals surface area contributed by atoms with E-state index in [4.69, 9.17) is 11.6 Å². The molecule has 2 fully saturated rings. The second-order valence-electron chi connectivity index (χ2n) is 8.03. The van der Waals surface area contributed by atoms with Gasteiger partial charge in [0.15, 0.2) is 0 Å². The van der Waals surface area contributed by atoms with Gasteiger partial charge >= 0.3 is 0 Å². The molecule has 4 nitrogen and oxygen atoms in total. The fourth-order valence-corrected chi connectivity index (χ4v) is 4.24. The summed E-state index contributed by atoms with van der Waals surface area (Å²) in [5.74, 6) is 1.66. The molecule has 0 bridgehead atoms. The zero-order valence-electron chi connectivity index (χ0n) is 15.8. The van der Waals surface area contributed by atoms with E-state index < -0.39 is 0 Å². The first-order valence-electron chi connectivity index (χ1n) is 9.66. The molecule has 0 amide bonds. The monoisotopic (exact) mass is 352 g/mol. The molecule has 1 aliphatic heterocycles. The fourth-order valence-electron chi connectivity index (χ4n) is 4.03. The van der Waals surface area contributed by atoms with Gasteiger partial charge in [0, 0.05) is 38.3 Å². The van der Waals surface area contributed by atoms with Crippen molar-refractivity contribution >= 4 is 11.6 Å². The molecular weight excluding hydrogens is 320 g/mol. The molecule has 0 radical (unpaired) electrons. The van der Waals surface area contributed by atoms with Crippen LogP contribution in [0.3, 0.4) is 0 Å². The smallest absolute Gasteiger partial charge is 0.131 e. The largest absolute Gasteiger partial charge is 0.299 e. The Balaban J connectivity index is 1.72. The van der Waals surface area contributed by atoms with Gasteiger partial charge in [0.05, 0.1) is 5.69 Å². The molecule has 1 aliphatic carbocycles. The van der Waals surface area contributed by atoms with Gasteiger partial charge in [-0.25, -0.2) is 0 Å². The van der Waals surface area contributed by atoms with E-state index in [-0.39, 0.29) is 0 Å². The molecule has 1 aromatic rings. The third kappa shape index (κ3) is 4.14. The van der Waals surface area contributed by atoms with E-state index >= 15 is 0 Å². The van der Waals surface area contributed by atoms with Crippen molar-refractivity contribution in [1.29, 1.82) is 0 Å². The van der Waals surface area contributed by atoms with Crippen molar-refractivity contribution in [3.05, 3.63) is 16.4 Å². The molecule has 1 saturated carbocycles. The minimum Gasteiger partial charge on any atom is -0.299 e. The maximum atomic E-state index is 6.52. The van der Waals surface area contributed by atoms with Crippen LogP contribution >= 0.6 is 11.6 Å². The summed E-state index contributed by atoms with van der Waals surface area (Å²) in [5.41, 5.74) is 2.39. The van der Waals surface area contributed by atoms with Crippen molar-refractivity contribution in [2.75, 3.05) is 26.2 Å². The van der Waals surface area contributed by atoms with Gasteiger partial charge in [-0.1, -0.05) is 32.4 Å². The van der Waals surface area contributed by atoms with Gasteiger partial charge in [-0.3, -0.25) is 14.5 Å². The van der Waals surface area contributed by atoms with E-state index in [1.54, 1.807) is 0 Å². The predicted molar refractivity (Wildman–Crippen MR) is 100 cm³/mol. The third-order valence-corrected chi connectivity index (χ3v) is 6.13. The number of aryl methyl sites for hydroxylation is 2. The van der Waals surface area contributed by atoms with E-state index in [2.05, 4.69) is 35.7 Å². The number of hydrogen-bond acceptors (Lipinski definition) is 3. The van der Waals surface area contributed by atoms with Crippen LogP contribution in [0.25, 0.3) is 0 Å². The van der Waals surface area contributed by atoms with E-state index in [9.17, 15) is 0 Å². The second-order valence-corrected chi connectivity index (χ2v) is 8.39. The highest BCUT2D eigenvalue weighted by Crippen LogP contribution is 2.32. The highest BCUT2D eigenvalue weighted by Gasteiger charge is 2.32. The first kappa shape index (κ1) is 18.2. The zero-order valence-corrected chi connectivity index (χ0v) is 16.5. The fraction of sp³-hybridized carbons (Fsp3) is 0.842. The lowest BCUT2D eigenvalue weighted by Crippen LogP contribution is -2.45. The van der Waals surface area contributed by atoms with E-state index in [0.717, 1.165) is 36.3 Å². The summed E-state index contributed by atoms with van der Waals surface area (Å²) < 4.78 is 1.83. The van der Waals surface area contributed by atoms with Crippen molar-refractivity contribution in [3.63, 3.8) is 0 Å². The molecule has 5 heteroatoms. The molecule has 2 aliphatic rings. The van der Waals surface area contributed by atoms with Crippen molar-refractivity contribution in [2.45, 2.75) is 59.0 Å². The summed E-state index contributed by atoms with van der Waals surface area (Å²) in [4.78, 5) is 5.38. The number of aromatic nitrogens is 2. The highest BCUT2D eigenvalue weighted by atomic mass is 35.5. The van der Waals surface area contributed by atoms with Crippen molar-refractivity contribution in [1.82, 2.24) is 19.6 Å². The van der Waals surface area contributed by atoms with Crippen LogP contribution in [0.5, 0.6) is 0 Å². The maximum Gasteiger partial charge on any atom is 0.131 e. The van der Waals surface area contributed by atoms with Crippen LogP contribution in [0, 0.1) is 11.8 Å². The Bertz CT molecular complexity index is 550. The first-order chi connectivity index (χ1) is 11.5. The molecule has 2 heterocycles. The third-order valence-electron chi connectivity index (χ3n) is 5.66. The first-order valence-corrected chi connectivity index (χ1v) is 10.0. The van der Waals surface area contributed by atoms with Crippen LogP contribution in [0.1, 0.15) is 51.3 Å². The molecule has 1 atom stereocenters. The van der Waals surface area contributed by atoms with E-state index in [1.807, 2.05) is 11.7 Å². The molecule has 0 unspecified atom stereocenters. The number of rotatable bonds is 6. The SMILES string of the molecule is CCc1nn(C)c(Cl)c1CN1CCCN(CC2CC2)[C@H](C(C)C)C1. The van der Waals surface area contributed by atoms with Crippen LogP contribution in [0.15, 0.2) is 0 Å². The Morgan fingerprint density at radius 1 is 1.25 bits per heavy atom. The summed E-state index contributed by atoms with van der Waals surface area (Å²) in [5, 5.41) is 5.39. The Morgan fingerprint density at radius 3 is 2.62 bits per heavy atom. The van der Waals surface area contributed by atoms with Gasteiger partial charge in [0.1, 0.15) is 5.15 Å². The average molecular weight is 353 g/mol. The van der Waals surface area contributed by atoms with Gasteiger partial charge in [0.25, 0.3) is 0 Å². The Morgan fingerprint density at radius 2 is 2.00 bits per heavy atom. The van der Waals surface area contributed by atoms with Crippen molar-refractivity contribution in [2.24, 2.45) is 18.9 Å². The van der Waals surface area contributed by atoms with E-state index in [0.29, 0.717) is 12.0 Å². The predicted octanol–water partition coefficient (Wildman–Crippen LogP) is 3.58. The van der Waals surface area contributed by atoms with Gasteiger partial charge in [0.2, 0.25) is 0 Å². The van der Waals surface area contributed by atoms with Crippen molar-refractivity contribution < 1.29 is 0 Å². The van der Waals surface area contributed by atoms with Crippen LogP contribution in [0.4, 0.5) is 0 Å². The quantitative estimate of drug-likeness (QED) is 0.782. The Kier molecular flexibility index (Phi) is 5.89. The minimum absolute atomic E-state index is 0.661. The highest BCUT2D eigenvalue weighted by molar-refractivity contribution is 6.30. The molecule has 0 aromatic carbocycles. The molecule has 24 heavy (non-hydrogen) atoms. The standard InChI is InChI=1S/C19H33ClN4/c1-5-17-16(19(20)22(4)21-17)12-23-9-6-10-24(11-15-7-8-15)18(13-23)14(2)3/h14-15,18H,5-13H2,1-4H3/t18-/m0/s1.